The zero-order chi connectivity index (χ0) is 17.3. The lowest BCUT2D eigenvalue weighted by molar-refractivity contribution is -0.173. The molecule has 0 saturated carbocycles. The standard InChI is InChI=1S/C15H15F3N2O3/c16-15(17,18)14(22)20-8-9-23-12-6-3-5-11(10-12)4-1-2-7-13(19)21/h3,5-6,10H,2,7-9H2,(H2,19,21)(H,20,22). The van der Waals surface area contributed by atoms with Gasteiger partial charge in [-0.2, -0.15) is 13.2 Å². The minimum absolute atomic E-state index is 0.111. The molecule has 0 aliphatic rings. The Morgan fingerprint density at radius 2 is 2.04 bits per heavy atom. The molecule has 8 heteroatoms. The molecule has 1 aromatic carbocycles. The first-order valence-corrected chi connectivity index (χ1v) is 6.64. The van der Waals surface area contributed by atoms with Crippen molar-refractivity contribution >= 4 is 11.8 Å². The number of alkyl halides is 3. The molecule has 0 atom stereocenters. The maximum atomic E-state index is 12.0. The molecule has 0 aliphatic heterocycles. The Labute approximate surface area is 131 Å². The molecule has 0 unspecified atom stereocenters. The van der Waals surface area contributed by atoms with Crippen molar-refractivity contribution < 1.29 is 27.5 Å². The highest BCUT2D eigenvalue weighted by Gasteiger charge is 2.38. The van der Waals surface area contributed by atoms with Gasteiger partial charge >= 0.3 is 12.1 Å². The number of carbonyl (C=O) groups is 2. The molecule has 0 spiro atoms. The van der Waals surface area contributed by atoms with E-state index in [1.807, 2.05) is 0 Å². The summed E-state index contributed by atoms with van der Waals surface area (Å²) in [6.07, 6.45) is -4.40. The summed E-state index contributed by atoms with van der Waals surface area (Å²) in [6, 6.07) is 6.60. The lowest BCUT2D eigenvalue weighted by Gasteiger charge is -2.09. The van der Waals surface area contributed by atoms with E-state index in [2.05, 4.69) is 11.8 Å². The number of nitrogens with one attached hydrogen (secondary N) is 1. The van der Waals surface area contributed by atoms with Crippen LogP contribution in [0.2, 0.25) is 0 Å². The summed E-state index contributed by atoms with van der Waals surface area (Å²) in [5, 5.41) is 1.70. The maximum Gasteiger partial charge on any atom is 0.471 e. The maximum absolute atomic E-state index is 12.0. The molecule has 0 saturated heterocycles. The molecule has 0 bridgehead atoms. The molecule has 1 rings (SSSR count). The molecular weight excluding hydrogens is 313 g/mol. The van der Waals surface area contributed by atoms with Gasteiger partial charge in [-0.3, -0.25) is 9.59 Å². The van der Waals surface area contributed by atoms with Crippen molar-refractivity contribution in [3.63, 3.8) is 0 Å². The third-order valence-electron chi connectivity index (χ3n) is 2.48. The molecule has 0 fully saturated rings. The third kappa shape index (κ3) is 7.76. The van der Waals surface area contributed by atoms with Crippen molar-refractivity contribution in [3.05, 3.63) is 29.8 Å². The van der Waals surface area contributed by atoms with Crippen molar-refractivity contribution in [2.75, 3.05) is 13.2 Å². The van der Waals surface area contributed by atoms with Crippen LogP contribution in [0.15, 0.2) is 24.3 Å². The highest BCUT2D eigenvalue weighted by atomic mass is 19.4. The Kier molecular flexibility index (Phi) is 6.93. The van der Waals surface area contributed by atoms with Crippen molar-refractivity contribution in [1.29, 1.82) is 0 Å². The summed E-state index contributed by atoms with van der Waals surface area (Å²) in [5.41, 5.74) is 5.62. The van der Waals surface area contributed by atoms with Gasteiger partial charge in [0.15, 0.2) is 0 Å². The molecule has 0 aliphatic carbocycles. The van der Waals surface area contributed by atoms with Crippen LogP contribution < -0.4 is 15.8 Å². The summed E-state index contributed by atoms with van der Waals surface area (Å²) in [5.74, 6) is 3.56. The van der Waals surface area contributed by atoms with E-state index in [1.165, 1.54) is 0 Å². The van der Waals surface area contributed by atoms with E-state index in [1.54, 1.807) is 29.6 Å². The van der Waals surface area contributed by atoms with Gasteiger partial charge in [0, 0.05) is 18.4 Å². The molecule has 0 heterocycles. The van der Waals surface area contributed by atoms with Gasteiger partial charge in [0.25, 0.3) is 0 Å². The van der Waals surface area contributed by atoms with Gasteiger partial charge in [-0.05, 0) is 18.2 Å². The first-order chi connectivity index (χ1) is 10.8. The van der Waals surface area contributed by atoms with Crippen molar-refractivity contribution in [1.82, 2.24) is 5.32 Å². The average Bonchev–Trinajstić information content (AvgIpc) is 2.47. The number of benzene rings is 1. The van der Waals surface area contributed by atoms with E-state index in [-0.39, 0.29) is 19.6 Å². The summed E-state index contributed by atoms with van der Waals surface area (Å²) in [4.78, 5) is 21.1. The Morgan fingerprint density at radius 3 is 2.70 bits per heavy atom. The van der Waals surface area contributed by atoms with Gasteiger partial charge in [-0.25, -0.2) is 0 Å². The molecule has 124 valence electrons. The third-order valence-corrected chi connectivity index (χ3v) is 2.48. The molecule has 1 aromatic rings. The number of carbonyl (C=O) groups excluding carboxylic acids is 2. The number of amides is 2. The number of primary amides is 1. The largest absolute Gasteiger partial charge is 0.492 e. The Balaban J connectivity index is 2.42. The first kappa shape index (κ1) is 18.4. The SMILES string of the molecule is NC(=O)CCC#Cc1cccc(OCCNC(=O)C(F)(F)F)c1. The second-order valence-corrected chi connectivity index (χ2v) is 4.40. The van der Waals surface area contributed by atoms with E-state index >= 15 is 0 Å². The number of hydrogen-bond donors (Lipinski definition) is 2. The zero-order valence-corrected chi connectivity index (χ0v) is 12.1. The van der Waals surface area contributed by atoms with Crippen LogP contribution in [0, 0.1) is 11.8 Å². The summed E-state index contributed by atoms with van der Waals surface area (Å²) in [6.45, 7) is -0.382. The van der Waals surface area contributed by atoms with Crippen LogP contribution in [0.25, 0.3) is 0 Å². The average molecular weight is 328 g/mol. The Bertz CT molecular complexity index is 618. The molecule has 23 heavy (non-hydrogen) atoms. The van der Waals surface area contributed by atoms with Gasteiger partial charge < -0.3 is 15.8 Å². The lowest BCUT2D eigenvalue weighted by Crippen LogP contribution is -2.38. The van der Waals surface area contributed by atoms with Gasteiger partial charge in [-0.1, -0.05) is 17.9 Å². The minimum Gasteiger partial charge on any atom is -0.492 e. The number of rotatable bonds is 6. The number of ether oxygens (including phenoxy) is 1. The molecule has 0 aromatic heterocycles. The summed E-state index contributed by atoms with van der Waals surface area (Å²) < 4.78 is 41.1. The highest BCUT2D eigenvalue weighted by molar-refractivity contribution is 5.81. The topological polar surface area (TPSA) is 81.4 Å². The fraction of sp³-hybridized carbons (Fsp3) is 0.333. The number of halogens is 3. The highest BCUT2D eigenvalue weighted by Crippen LogP contribution is 2.14. The fourth-order valence-corrected chi connectivity index (χ4v) is 1.45. The monoisotopic (exact) mass is 328 g/mol. The smallest absolute Gasteiger partial charge is 0.471 e. The van der Waals surface area contributed by atoms with Gasteiger partial charge in [0.2, 0.25) is 5.91 Å². The number of nitrogens with two attached hydrogens (primary N) is 1. The van der Waals surface area contributed by atoms with E-state index < -0.39 is 18.0 Å². The van der Waals surface area contributed by atoms with E-state index in [4.69, 9.17) is 10.5 Å². The van der Waals surface area contributed by atoms with E-state index in [0.717, 1.165) is 0 Å². The second kappa shape index (κ2) is 8.68. The van der Waals surface area contributed by atoms with Crippen molar-refractivity contribution in [2.45, 2.75) is 19.0 Å². The first-order valence-electron chi connectivity index (χ1n) is 6.64. The van der Waals surface area contributed by atoms with Crippen LogP contribution in [-0.2, 0) is 9.59 Å². The number of hydrogen-bond acceptors (Lipinski definition) is 3. The molecule has 3 N–H and O–H groups in total. The van der Waals surface area contributed by atoms with Crippen molar-refractivity contribution in [2.24, 2.45) is 5.73 Å². The minimum atomic E-state index is -4.90. The quantitative estimate of drug-likeness (QED) is 0.611. The van der Waals surface area contributed by atoms with Crippen LogP contribution >= 0.6 is 0 Å². The fourth-order valence-electron chi connectivity index (χ4n) is 1.45. The second-order valence-electron chi connectivity index (χ2n) is 4.40. The molecule has 2 amide bonds. The lowest BCUT2D eigenvalue weighted by atomic mass is 10.2. The van der Waals surface area contributed by atoms with Crippen LogP contribution in [-0.4, -0.2) is 31.1 Å². The summed E-state index contributed by atoms with van der Waals surface area (Å²) in [7, 11) is 0. The van der Waals surface area contributed by atoms with Gasteiger partial charge in [-0.15, -0.1) is 0 Å². The van der Waals surface area contributed by atoms with Crippen LogP contribution in [0.5, 0.6) is 5.75 Å². The van der Waals surface area contributed by atoms with E-state index in [0.29, 0.717) is 17.7 Å². The zero-order valence-electron chi connectivity index (χ0n) is 12.1. The van der Waals surface area contributed by atoms with Crippen LogP contribution in [0.1, 0.15) is 18.4 Å². The predicted octanol–water partition coefficient (Wildman–Crippen LogP) is 1.36. The predicted molar refractivity (Wildman–Crippen MR) is 76.3 cm³/mol. The van der Waals surface area contributed by atoms with E-state index in [9.17, 15) is 22.8 Å². The summed E-state index contributed by atoms with van der Waals surface area (Å²) >= 11 is 0. The molecule has 0 radical (unpaired) electrons. The van der Waals surface area contributed by atoms with Gasteiger partial charge in [0.05, 0.1) is 6.54 Å². The van der Waals surface area contributed by atoms with Crippen molar-refractivity contribution in [3.8, 4) is 17.6 Å². The van der Waals surface area contributed by atoms with Gasteiger partial charge in [0.1, 0.15) is 12.4 Å². The Morgan fingerprint density at radius 1 is 1.30 bits per heavy atom. The normalized spacial score (nSPS) is 10.4. The molecule has 5 nitrogen and oxygen atoms in total. The Hall–Kier alpha value is -2.69. The van der Waals surface area contributed by atoms with Crippen LogP contribution in [0.4, 0.5) is 13.2 Å². The van der Waals surface area contributed by atoms with Crippen LogP contribution in [0.3, 0.4) is 0 Å². The molecular formula is C15H15F3N2O3.